The number of aryl methyl sites for hydroxylation is 2. The summed E-state index contributed by atoms with van der Waals surface area (Å²) in [5.74, 6) is -0.993. The largest absolute Gasteiger partial charge is 0.342 e. The molecule has 0 fully saturated rings. The maximum Gasteiger partial charge on any atom is 0.263 e. The van der Waals surface area contributed by atoms with Crippen LogP contribution in [0.15, 0.2) is 42.5 Å². The van der Waals surface area contributed by atoms with Crippen LogP contribution in [0.4, 0.5) is 10.1 Å². The molecule has 2 amide bonds. The highest BCUT2D eigenvalue weighted by Gasteiger charge is 2.17. The molecule has 1 heterocycles. The molecule has 0 spiro atoms. The zero-order valence-electron chi connectivity index (χ0n) is 15.8. The first-order valence-electron chi connectivity index (χ1n) is 8.73. The second-order valence-corrected chi connectivity index (χ2v) is 7.42. The summed E-state index contributed by atoms with van der Waals surface area (Å²) in [5.41, 5.74) is 4.10. The van der Waals surface area contributed by atoms with Crippen LogP contribution in [0.1, 0.15) is 26.5 Å². The molecular formula is C21H20FN3O2S. The van der Waals surface area contributed by atoms with Crippen molar-refractivity contribution in [2.75, 3.05) is 11.9 Å². The van der Waals surface area contributed by atoms with E-state index < -0.39 is 0 Å². The number of carbonyl (C=O) groups excluding carboxylic acids is 2. The molecule has 3 rings (SSSR count). The molecule has 0 atom stereocenters. The van der Waals surface area contributed by atoms with Crippen LogP contribution in [-0.4, -0.2) is 23.3 Å². The molecule has 0 unspecified atom stereocenters. The minimum absolute atomic E-state index is 0.143. The molecule has 28 heavy (non-hydrogen) atoms. The maximum atomic E-state index is 13.1. The Kier molecular flexibility index (Phi) is 5.84. The van der Waals surface area contributed by atoms with Crippen molar-refractivity contribution in [2.45, 2.75) is 20.8 Å². The number of nitrogens with one attached hydrogen (secondary N) is 2. The van der Waals surface area contributed by atoms with Gasteiger partial charge in [-0.1, -0.05) is 12.1 Å². The maximum absolute atomic E-state index is 13.1. The normalized spacial score (nSPS) is 10.6. The van der Waals surface area contributed by atoms with Crippen molar-refractivity contribution in [3.05, 3.63) is 70.0 Å². The van der Waals surface area contributed by atoms with E-state index in [1.165, 1.54) is 23.5 Å². The summed E-state index contributed by atoms with van der Waals surface area (Å²) in [6.07, 6.45) is 0. The molecule has 0 bridgehead atoms. The summed E-state index contributed by atoms with van der Waals surface area (Å²) in [4.78, 5) is 29.5. The zero-order valence-corrected chi connectivity index (χ0v) is 16.6. The third-order valence-electron chi connectivity index (χ3n) is 4.38. The van der Waals surface area contributed by atoms with Gasteiger partial charge in [-0.25, -0.2) is 9.37 Å². The Morgan fingerprint density at radius 1 is 1.07 bits per heavy atom. The highest BCUT2D eigenvalue weighted by atomic mass is 32.1. The molecule has 0 aliphatic rings. The van der Waals surface area contributed by atoms with Crippen molar-refractivity contribution in [1.29, 1.82) is 0 Å². The van der Waals surface area contributed by atoms with Gasteiger partial charge in [0, 0.05) is 11.3 Å². The smallest absolute Gasteiger partial charge is 0.263 e. The Morgan fingerprint density at radius 3 is 2.50 bits per heavy atom. The van der Waals surface area contributed by atoms with Gasteiger partial charge in [-0.15, -0.1) is 11.3 Å². The van der Waals surface area contributed by atoms with Gasteiger partial charge in [0.05, 0.1) is 12.2 Å². The summed E-state index contributed by atoms with van der Waals surface area (Å²) >= 11 is 1.21. The number of anilines is 1. The number of hydrogen-bond donors (Lipinski definition) is 2. The molecule has 1 aromatic heterocycles. The SMILES string of the molecule is Cc1cccc(NC(=O)CNC(=O)c2sc(-c3ccc(F)cc3)nc2C)c1C. The van der Waals surface area contributed by atoms with E-state index in [4.69, 9.17) is 0 Å². The molecule has 0 saturated heterocycles. The van der Waals surface area contributed by atoms with Crippen molar-refractivity contribution in [1.82, 2.24) is 10.3 Å². The van der Waals surface area contributed by atoms with Gasteiger partial charge in [0.1, 0.15) is 15.7 Å². The average Bonchev–Trinajstić information content (AvgIpc) is 3.06. The molecule has 0 radical (unpaired) electrons. The lowest BCUT2D eigenvalue weighted by atomic mass is 10.1. The third-order valence-corrected chi connectivity index (χ3v) is 5.59. The van der Waals surface area contributed by atoms with Crippen LogP contribution < -0.4 is 10.6 Å². The molecule has 7 heteroatoms. The lowest BCUT2D eigenvalue weighted by Crippen LogP contribution is -2.32. The molecule has 5 nitrogen and oxygen atoms in total. The fourth-order valence-corrected chi connectivity index (χ4v) is 3.63. The minimum atomic E-state index is -0.362. The Hall–Kier alpha value is -3.06. The van der Waals surface area contributed by atoms with Crippen molar-refractivity contribution in [2.24, 2.45) is 0 Å². The first kappa shape index (κ1) is 19.7. The highest BCUT2D eigenvalue weighted by molar-refractivity contribution is 7.17. The van der Waals surface area contributed by atoms with Crippen LogP contribution >= 0.6 is 11.3 Å². The van der Waals surface area contributed by atoms with Crippen molar-refractivity contribution in [3.63, 3.8) is 0 Å². The second-order valence-electron chi connectivity index (χ2n) is 6.42. The topological polar surface area (TPSA) is 71.1 Å². The standard InChI is InChI=1S/C21H20FN3O2S/c1-12-5-4-6-17(13(12)2)25-18(26)11-23-20(27)19-14(3)24-21(28-19)15-7-9-16(22)10-8-15/h4-10H,11H2,1-3H3,(H,23,27)(H,25,26). The lowest BCUT2D eigenvalue weighted by molar-refractivity contribution is -0.115. The summed E-state index contributed by atoms with van der Waals surface area (Å²) in [6.45, 7) is 5.49. The van der Waals surface area contributed by atoms with Crippen LogP contribution in [0.3, 0.4) is 0 Å². The molecule has 0 aliphatic heterocycles. The van der Waals surface area contributed by atoms with E-state index in [1.54, 1.807) is 19.1 Å². The molecular weight excluding hydrogens is 377 g/mol. The highest BCUT2D eigenvalue weighted by Crippen LogP contribution is 2.28. The number of halogens is 1. The zero-order chi connectivity index (χ0) is 20.3. The number of aromatic nitrogens is 1. The van der Waals surface area contributed by atoms with Gasteiger partial charge in [-0.05, 0) is 62.2 Å². The summed E-state index contributed by atoms with van der Waals surface area (Å²) in [6, 6.07) is 11.6. The second kappa shape index (κ2) is 8.31. The van der Waals surface area contributed by atoms with E-state index in [9.17, 15) is 14.0 Å². The van der Waals surface area contributed by atoms with Gasteiger partial charge in [-0.2, -0.15) is 0 Å². The predicted molar refractivity (Wildman–Crippen MR) is 109 cm³/mol. The van der Waals surface area contributed by atoms with Crippen molar-refractivity contribution in [3.8, 4) is 10.6 Å². The van der Waals surface area contributed by atoms with Crippen LogP contribution in [0.25, 0.3) is 10.6 Å². The Morgan fingerprint density at radius 2 is 1.79 bits per heavy atom. The molecule has 0 aliphatic carbocycles. The molecule has 3 aromatic rings. The third kappa shape index (κ3) is 4.43. The van der Waals surface area contributed by atoms with Crippen LogP contribution in [-0.2, 0) is 4.79 Å². The van der Waals surface area contributed by atoms with Gasteiger partial charge < -0.3 is 10.6 Å². The lowest BCUT2D eigenvalue weighted by Gasteiger charge is -2.10. The van der Waals surface area contributed by atoms with E-state index in [0.717, 1.165) is 22.4 Å². The number of rotatable bonds is 5. The van der Waals surface area contributed by atoms with Crippen LogP contribution in [0.5, 0.6) is 0 Å². The Bertz CT molecular complexity index is 1030. The van der Waals surface area contributed by atoms with Crippen molar-refractivity contribution < 1.29 is 14.0 Å². The van der Waals surface area contributed by atoms with Crippen LogP contribution in [0.2, 0.25) is 0 Å². The molecule has 2 N–H and O–H groups in total. The Labute approximate surface area is 166 Å². The van der Waals surface area contributed by atoms with Gasteiger partial charge >= 0.3 is 0 Å². The van der Waals surface area contributed by atoms with Gasteiger partial charge in [-0.3, -0.25) is 9.59 Å². The fourth-order valence-electron chi connectivity index (χ4n) is 2.64. The number of amides is 2. The molecule has 2 aromatic carbocycles. The quantitative estimate of drug-likeness (QED) is 0.676. The first-order chi connectivity index (χ1) is 13.3. The van der Waals surface area contributed by atoms with E-state index >= 15 is 0 Å². The summed E-state index contributed by atoms with van der Waals surface area (Å²) in [5, 5.41) is 6.06. The molecule has 144 valence electrons. The average molecular weight is 397 g/mol. The van der Waals surface area contributed by atoms with E-state index in [0.29, 0.717) is 15.6 Å². The number of nitrogens with zero attached hydrogens (tertiary/aromatic N) is 1. The van der Waals surface area contributed by atoms with Gasteiger partial charge in [0.15, 0.2) is 0 Å². The summed E-state index contributed by atoms with van der Waals surface area (Å²) in [7, 11) is 0. The van der Waals surface area contributed by atoms with Gasteiger partial charge in [0.2, 0.25) is 5.91 Å². The first-order valence-corrected chi connectivity index (χ1v) is 9.54. The number of hydrogen-bond acceptors (Lipinski definition) is 4. The number of benzene rings is 2. The number of carbonyl (C=O) groups is 2. The monoisotopic (exact) mass is 397 g/mol. The number of thiazole rings is 1. The molecule has 0 saturated carbocycles. The van der Waals surface area contributed by atoms with E-state index in [1.807, 2.05) is 32.0 Å². The van der Waals surface area contributed by atoms with Crippen molar-refractivity contribution >= 4 is 28.8 Å². The minimum Gasteiger partial charge on any atom is -0.342 e. The fraction of sp³-hybridized carbons (Fsp3) is 0.190. The van der Waals surface area contributed by atoms with Gasteiger partial charge in [0.25, 0.3) is 5.91 Å². The Balaban J connectivity index is 1.64. The van der Waals surface area contributed by atoms with E-state index in [2.05, 4.69) is 15.6 Å². The van der Waals surface area contributed by atoms with E-state index in [-0.39, 0.29) is 24.2 Å². The predicted octanol–water partition coefficient (Wildman–Crippen LogP) is 4.24. The van der Waals surface area contributed by atoms with Crippen LogP contribution in [0, 0.1) is 26.6 Å². The summed E-state index contributed by atoms with van der Waals surface area (Å²) < 4.78 is 13.1.